The van der Waals surface area contributed by atoms with Crippen LogP contribution in [0.5, 0.6) is 0 Å². The second-order valence-electron chi connectivity index (χ2n) is 4.67. The van der Waals surface area contributed by atoms with Crippen LogP contribution in [0.4, 0.5) is 4.39 Å². The Morgan fingerprint density at radius 1 is 1.23 bits per heavy atom. The number of likely N-dealkylation sites (tertiary alicyclic amines) is 1. The molecule has 76 valence electrons. The molecular weight excluding hydrogens is 167 g/mol. The standard InChI is InChI=1S/C10H19FN2/c1-7(2)13-5-8-3-12-4-9(6-13)10(8)11/h7-10,12H,3-6H2,1-2H3. The molecule has 13 heavy (non-hydrogen) atoms. The van der Waals surface area contributed by atoms with E-state index in [2.05, 4.69) is 24.1 Å². The zero-order valence-corrected chi connectivity index (χ0v) is 8.46. The molecule has 2 fully saturated rings. The molecule has 3 heteroatoms. The van der Waals surface area contributed by atoms with E-state index in [-0.39, 0.29) is 11.8 Å². The van der Waals surface area contributed by atoms with Gasteiger partial charge in [-0.25, -0.2) is 4.39 Å². The second-order valence-corrected chi connectivity index (χ2v) is 4.67. The molecule has 0 aliphatic carbocycles. The Morgan fingerprint density at radius 2 is 1.77 bits per heavy atom. The maximum atomic E-state index is 13.7. The highest BCUT2D eigenvalue weighted by atomic mass is 19.1. The van der Waals surface area contributed by atoms with Crippen molar-refractivity contribution in [3.05, 3.63) is 0 Å². The number of fused-ring (bicyclic) bond motifs is 2. The van der Waals surface area contributed by atoms with E-state index in [1.165, 1.54) is 0 Å². The summed E-state index contributed by atoms with van der Waals surface area (Å²) in [6, 6.07) is 0.565. The van der Waals surface area contributed by atoms with Gasteiger partial charge in [-0.15, -0.1) is 0 Å². The summed E-state index contributed by atoms with van der Waals surface area (Å²) in [6.45, 7) is 7.98. The van der Waals surface area contributed by atoms with Crippen molar-refractivity contribution in [1.29, 1.82) is 0 Å². The van der Waals surface area contributed by atoms with E-state index in [0.29, 0.717) is 6.04 Å². The Bertz CT molecular complexity index is 170. The lowest BCUT2D eigenvalue weighted by Crippen LogP contribution is -2.58. The minimum absolute atomic E-state index is 0.231. The molecule has 2 saturated heterocycles. The summed E-state index contributed by atoms with van der Waals surface area (Å²) in [5.74, 6) is 0.463. The van der Waals surface area contributed by atoms with Gasteiger partial charge < -0.3 is 10.2 Å². The average molecular weight is 186 g/mol. The van der Waals surface area contributed by atoms with Crippen molar-refractivity contribution in [1.82, 2.24) is 10.2 Å². The Hall–Kier alpha value is -0.150. The van der Waals surface area contributed by atoms with Crippen LogP contribution in [-0.4, -0.2) is 43.3 Å². The third-order valence-corrected chi connectivity index (χ3v) is 3.38. The first-order valence-corrected chi connectivity index (χ1v) is 5.27. The molecule has 0 spiro atoms. The largest absolute Gasteiger partial charge is 0.316 e. The molecule has 2 atom stereocenters. The molecule has 0 aromatic rings. The summed E-state index contributed by atoms with van der Waals surface area (Å²) < 4.78 is 13.7. The quantitative estimate of drug-likeness (QED) is 0.654. The summed E-state index contributed by atoms with van der Waals surface area (Å²) in [5.41, 5.74) is 0. The van der Waals surface area contributed by atoms with Crippen LogP contribution in [-0.2, 0) is 0 Å². The van der Waals surface area contributed by atoms with Crippen molar-refractivity contribution in [2.45, 2.75) is 26.1 Å². The Balaban J connectivity index is 2.03. The van der Waals surface area contributed by atoms with Gasteiger partial charge in [-0.05, 0) is 13.8 Å². The first-order chi connectivity index (χ1) is 6.18. The van der Waals surface area contributed by atoms with Crippen molar-refractivity contribution in [2.75, 3.05) is 26.2 Å². The number of alkyl halides is 1. The van der Waals surface area contributed by atoms with Crippen LogP contribution in [0.2, 0.25) is 0 Å². The average Bonchev–Trinajstić information content (AvgIpc) is 2.02. The number of nitrogens with zero attached hydrogens (tertiary/aromatic N) is 1. The highest BCUT2D eigenvalue weighted by Gasteiger charge is 2.40. The number of hydrogen-bond donors (Lipinski definition) is 1. The minimum Gasteiger partial charge on any atom is -0.316 e. The van der Waals surface area contributed by atoms with Crippen LogP contribution in [0, 0.1) is 11.8 Å². The molecular formula is C10H19FN2. The lowest BCUT2D eigenvalue weighted by atomic mass is 9.83. The zero-order chi connectivity index (χ0) is 9.42. The van der Waals surface area contributed by atoms with Crippen molar-refractivity contribution < 1.29 is 4.39 Å². The number of piperidine rings is 2. The zero-order valence-electron chi connectivity index (χ0n) is 8.46. The predicted octanol–water partition coefficient (Wildman–Crippen LogP) is 0.884. The van der Waals surface area contributed by atoms with E-state index < -0.39 is 6.17 Å². The lowest BCUT2D eigenvalue weighted by molar-refractivity contribution is -0.00183. The molecule has 2 aliphatic rings. The van der Waals surface area contributed by atoms with Gasteiger partial charge in [0, 0.05) is 44.1 Å². The SMILES string of the molecule is CC(C)N1CC2CNCC(C1)C2F. The minimum atomic E-state index is -0.559. The number of rotatable bonds is 1. The number of hydrogen-bond acceptors (Lipinski definition) is 2. The fraction of sp³-hybridized carbons (Fsp3) is 1.00. The molecule has 2 heterocycles. The monoisotopic (exact) mass is 186 g/mol. The molecule has 0 saturated carbocycles. The third kappa shape index (κ3) is 1.72. The van der Waals surface area contributed by atoms with Gasteiger partial charge in [0.15, 0.2) is 0 Å². The van der Waals surface area contributed by atoms with E-state index in [1.54, 1.807) is 0 Å². The topological polar surface area (TPSA) is 15.3 Å². The van der Waals surface area contributed by atoms with Crippen molar-refractivity contribution >= 4 is 0 Å². The van der Waals surface area contributed by atoms with Crippen molar-refractivity contribution in [3.63, 3.8) is 0 Å². The maximum Gasteiger partial charge on any atom is 0.111 e. The van der Waals surface area contributed by atoms with E-state index in [0.717, 1.165) is 26.2 Å². The van der Waals surface area contributed by atoms with Gasteiger partial charge in [0.25, 0.3) is 0 Å². The number of halogens is 1. The predicted molar refractivity (Wildman–Crippen MR) is 51.5 cm³/mol. The van der Waals surface area contributed by atoms with Crippen molar-refractivity contribution in [2.24, 2.45) is 11.8 Å². The fourth-order valence-electron chi connectivity index (χ4n) is 2.49. The van der Waals surface area contributed by atoms with Crippen LogP contribution in [0.1, 0.15) is 13.8 Å². The van der Waals surface area contributed by atoms with Gasteiger partial charge in [0.1, 0.15) is 6.17 Å². The second kappa shape index (κ2) is 3.54. The maximum absolute atomic E-state index is 13.7. The summed E-state index contributed by atoms with van der Waals surface area (Å²) in [5, 5.41) is 3.31. The van der Waals surface area contributed by atoms with Crippen LogP contribution in [0.25, 0.3) is 0 Å². The molecule has 0 aromatic carbocycles. The van der Waals surface area contributed by atoms with Gasteiger partial charge >= 0.3 is 0 Å². The Labute approximate surface area is 79.5 Å². The van der Waals surface area contributed by atoms with Crippen LogP contribution in [0.15, 0.2) is 0 Å². The Morgan fingerprint density at radius 3 is 2.23 bits per heavy atom. The molecule has 1 N–H and O–H groups in total. The molecule has 2 aliphatic heterocycles. The third-order valence-electron chi connectivity index (χ3n) is 3.38. The Kier molecular flexibility index (Phi) is 2.56. The smallest absolute Gasteiger partial charge is 0.111 e. The molecule has 2 bridgehead atoms. The van der Waals surface area contributed by atoms with Gasteiger partial charge in [-0.3, -0.25) is 0 Å². The molecule has 2 nitrogen and oxygen atoms in total. The van der Waals surface area contributed by atoms with Gasteiger partial charge in [0.05, 0.1) is 0 Å². The summed E-state index contributed by atoms with van der Waals surface area (Å²) >= 11 is 0. The van der Waals surface area contributed by atoms with Crippen LogP contribution in [0.3, 0.4) is 0 Å². The van der Waals surface area contributed by atoms with Crippen LogP contribution >= 0.6 is 0 Å². The molecule has 2 unspecified atom stereocenters. The lowest BCUT2D eigenvalue weighted by Gasteiger charge is -2.45. The van der Waals surface area contributed by atoms with E-state index in [1.807, 2.05) is 0 Å². The molecule has 0 aromatic heterocycles. The highest BCUT2D eigenvalue weighted by molar-refractivity contribution is 4.93. The summed E-state index contributed by atoms with van der Waals surface area (Å²) in [6.07, 6.45) is -0.559. The van der Waals surface area contributed by atoms with Crippen LogP contribution < -0.4 is 5.32 Å². The first kappa shape index (κ1) is 9.41. The van der Waals surface area contributed by atoms with E-state index in [9.17, 15) is 4.39 Å². The van der Waals surface area contributed by atoms with Gasteiger partial charge in [-0.1, -0.05) is 0 Å². The molecule has 0 radical (unpaired) electrons. The highest BCUT2D eigenvalue weighted by Crippen LogP contribution is 2.28. The normalized spacial score (nSPS) is 41.1. The fourth-order valence-corrected chi connectivity index (χ4v) is 2.49. The summed E-state index contributed by atoms with van der Waals surface area (Å²) in [7, 11) is 0. The molecule has 2 rings (SSSR count). The van der Waals surface area contributed by atoms with E-state index >= 15 is 0 Å². The molecule has 0 amide bonds. The van der Waals surface area contributed by atoms with E-state index in [4.69, 9.17) is 0 Å². The summed E-state index contributed by atoms with van der Waals surface area (Å²) in [4.78, 5) is 2.41. The first-order valence-electron chi connectivity index (χ1n) is 5.27. The van der Waals surface area contributed by atoms with Crippen molar-refractivity contribution in [3.8, 4) is 0 Å². The van der Waals surface area contributed by atoms with Gasteiger partial charge in [-0.2, -0.15) is 0 Å². The number of nitrogens with one attached hydrogen (secondary N) is 1. The van der Waals surface area contributed by atoms with Gasteiger partial charge in [0.2, 0.25) is 0 Å².